The van der Waals surface area contributed by atoms with Crippen LogP contribution in [0.2, 0.25) is 5.02 Å². The Morgan fingerprint density at radius 1 is 1.44 bits per heavy atom. The molecule has 0 bridgehead atoms. The van der Waals surface area contributed by atoms with Gasteiger partial charge in [0.1, 0.15) is 0 Å². The summed E-state index contributed by atoms with van der Waals surface area (Å²) in [5, 5.41) is 8.26. The number of aromatic nitrogens is 3. The second-order valence-electron chi connectivity index (χ2n) is 4.45. The Labute approximate surface area is 99.6 Å². The quantitative estimate of drug-likeness (QED) is 0.894. The standard InChI is InChI=1S/C11H15ClN4/c1-4-11(2,3)14-10-13-9-6-5-8(12)7-16(9)15-10/h5-7H,4H2,1-3H3,(H,14,15). The van der Waals surface area contributed by atoms with Crippen molar-refractivity contribution >= 4 is 23.2 Å². The molecule has 0 unspecified atom stereocenters. The number of nitrogens with one attached hydrogen (secondary N) is 1. The zero-order valence-electron chi connectivity index (χ0n) is 9.66. The summed E-state index contributed by atoms with van der Waals surface area (Å²) in [6.45, 7) is 6.36. The first-order valence-electron chi connectivity index (χ1n) is 5.30. The predicted molar refractivity (Wildman–Crippen MR) is 66.0 cm³/mol. The monoisotopic (exact) mass is 238 g/mol. The predicted octanol–water partition coefficient (Wildman–Crippen LogP) is 2.98. The van der Waals surface area contributed by atoms with Crippen LogP contribution in [-0.2, 0) is 0 Å². The molecule has 0 saturated heterocycles. The zero-order chi connectivity index (χ0) is 11.8. The number of pyridine rings is 1. The summed E-state index contributed by atoms with van der Waals surface area (Å²) in [6.07, 6.45) is 2.75. The van der Waals surface area contributed by atoms with Crippen LogP contribution in [0, 0.1) is 0 Å². The van der Waals surface area contributed by atoms with E-state index in [4.69, 9.17) is 11.6 Å². The molecule has 0 atom stereocenters. The van der Waals surface area contributed by atoms with Crippen molar-refractivity contribution in [1.82, 2.24) is 14.6 Å². The summed E-state index contributed by atoms with van der Waals surface area (Å²) in [6, 6.07) is 3.65. The van der Waals surface area contributed by atoms with E-state index in [1.807, 2.05) is 6.07 Å². The van der Waals surface area contributed by atoms with E-state index >= 15 is 0 Å². The highest BCUT2D eigenvalue weighted by Gasteiger charge is 2.16. The fraction of sp³-hybridized carbons (Fsp3) is 0.455. The van der Waals surface area contributed by atoms with Crippen LogP contribution in [0.4, 0.5) is 5.95 Å². The van der Waals surface area contributed by atoms with Gasteiger partial charge in [-0.3, -0.25) is 0 Å². The van der Waals surface area contributed by atoms with Crippen molar-refractivity contribution in [2.45, 2.75) is 32.7 Å². The van der Waals surface area contributed by atoms with Gasteiger partial charge in [-0.25, -0.2) is 4.52 Å². The average molecular weight is 239 g/mol. The van der Waals surface area contributed by atoms with Gasteiger partial charge in [0.2, 0.25) is 5.95 Å². The lowest BCUT2D eigenvalue weighted by Gasteiger charge is -2.23. The molecular formula is C11H15ClN4. The Morgan fingerprint density at radius 2 is 2.19 bits per heavy atom. The number of fused-ring (bicyclic) bond motifs is 1. The van der Waals surface area contributed by atoms with E-state index in [0.29, 0.717) is 11.0 Å². The summed E-state index contributed by atoms with van der Waals surface area (Å²) in [5.74, 6) is 0.633. The Kier molecular flexibility index (Phi) is 2.76. The average Bonchev–Trinajstić information content (AvgIpc) is 2.58. The highest BCUT2D eigenvalue weighted by atomic mass is 35.5. The maximum absolute atomic E-state index is 5.88. The number of halogens is 1. The van der Waals surface area contributed by atoms with E-state index in [-0.39, 0.29) is 5.54 Å². The van der Waals surface area contributed by atoms with Crippen LogP contribution < -0.4 is 5.32 Å². The van der Waals surface area contributed by atoms with E-state index in [0.717, 1.165) is 12.1 Å². The van der Waals surface area contributed by atoms with Gasteiger partial charge in [0.15, 0.2) is 5.65 Å². The molecule has 2 rings (SSSR count). The van der Waals surface area contributed by atoms with Crippen LogP contribution in [0.5, 0.6) is 0 Å². The van der Waals surface area contributed by atoms with Crippen LogP contribution in [0.3, 0.4) is 0 Å². The van der Waals surface area contributed by atoms with Gasteiger partial charge in [-0.1, -0.05) is 18.5 Å². The van der Waals surface area contributed by atoms with Crippen molar-refractivity contribution in [1.29, 1.82) is 0 Å². The highest BCUT2D eigenvalue weighted by Crippen LogP contribution is 2.16. The van der Waals surface area contributed by atoms with Crippen molar-refractivity contribution in [3.05, 3.63) is 23.4 Å². The third-order valence-corrected chi connectivity index (χ3v) is 2.85. The van der Waals surface area contributed by atoms with Gasteiger partial charge in [0.05, 0.1) is 5.02 Å². The Bertz CT molecular complexity index is 504. The Balaban J connectivity index is 2.33. The number of hydrogen-bond acceptors (Lipinski definition) is 3. The fourth-order valence-corrected chi connectivity index (χ4v) is 1.46. The first kappa shape index (κ1) is 11.2. The lowest BCUT2D eigenvalue weighted by molar-refractivity contribution is 0.542. The molecule has 0 aliphatic heterocycles. The van der Waals surface area contributed by atoms with E-state index < -0.39 is 0 Å². The van der Waals surface area contributed by atoms with Gasteiger partial charge in [0.25, 0.3) is 0 Å². The number of hydrogen-bond donors (Lipinski definition) is 1. The summed E-state index contributed by atoms with van der Waals surface area (Å²) < 4.78 is 1.68. The molecule has 0 radical (unpaired) electrons. The fourth-order valence-electron chi connectivity index (χ4n) is 1.30. The largest absolute Gasteiger partial charge is 0.348 e. The van der Waals surface area contributed by atoms with Crippen molar-refractivity contribution in [2.75, 3.05) is 5.32 Å². The first-order valence-corrected chi connectivity index (χ1v) is 5.68. The molecule has 2 aromatic heterocycles. The zero-order valence-corrected chi connectivity index (χ0v) is 10.4. The minimum absolute atomic E-state index is 0.00523. The van der Waals surface area contributed by atoms with E-state index in [9.17, 15) is 0 Å². The molecule has 4 nitrogen and oxygen atoms in total. The van der Waals surface area contributed by atoms with Gasteiger partial charge in [0, 0.05) is 11.7 Å². The minimum atomic E-state index is -0.00523. The van der Waals surface area contributed by atoms with Crippen LogP contribution >= 0.6 is 11.6 Å². The molecule has 2 aromatic rings. The molecule has 0 aliphatic carbocycles. The number of nitrogens with zero attached hydrogens (tertiary/aromatic N) is 3. The number of rotatable bonds is 3. The highest BCUT2D eigenvalue weighted by molar-refractivity contribution is 6.30. The van der Waals surface area contributed by atoms with Gasteiger partial charge in [-0.05, 0) is 32.4 Å². The van der Waals surface area contributed by atoms with Crippen LogP contribution in [0.15, 0.2) is 18.3 Å². The Morgan fingerprint density at radius 3 is 2.88 bits per heavy atom. The van der Waals surface area contributed by atoms with Gasteiger partial charge in [-0.2, -0.15) is 4.98 Å². The first-order chi connectivity index (χ1) is 7.50. The molecule has 0 aliphatic rings. The summed E-state index contributed by atoms with van der Waals surface area (Å²) in [7, 11) is 0. The molecule has 86 valence electrons. The normalized spacial score (nSPS) is 12.0. The van der Waals surface area contributed by atoms with Crippen molar-refractivity contribution in [3.63, 3.8) is 0 Å². The molecular weight excluding hydrogens is 224 g/mol. The molecule has 16 heavy (non-hydrogen) atoms. The minimum Gasteiger partial charge on any atom is -0.348 e. The molecule has 0 spiro atoms. The van der Waals surface area contributed by atoms with E-state index in [2.05, 4.69) is 36.2 Å². The smallest absolute Gasteiger partial charge is 0.243 e. The third-order valence-electron chi connectivity index (χ3n) is 2.63. The SMILES string of the molecule is CCC(C)(C)Nc1nc2ccc(Cl)cn2n1. The summed E-state index contributed by atoms with van der Waals surface area (Å²) in [4.78, 5) is 4.37. The maximum atomic E-state index is 5.88. The topological polar surface area (TPSA) is 42.2 Å². The second-order valence-corrected chi connectivity index (χ2v) is 4.88. The molecule has 0 fully saturated rings. The van der Waals surface area contributed by atoms with E-state index in [1.165, 1.54) is 0 Å². The number of anilines is 1. The lowest BCUT2D eigenvalue weighted by Crippen LogP contribution is -2.30. The van der Waals surface area contributed by atoms with E-state index in [1.54, 1.807) is 16.8 Å². The van der Waals surface area contributed by atoms with Crippen LogP contribution in [-0.4, -0.2) is 20.1 Å². The van der Waals surface area contributed by atoms with Gasteiger partial charge < -0.3 is 5.32 Å². The second kappa shape index (κ2) is 3.94. The van der Waals surface area contributed by atoms with Crippen molar-refractivity contribution < 1.29 is 0 Å². The lowest BCUT2D eigenvalue weighted by atomic mass is 10.0. The van der Waals surface area contributed by atoms with Crippen LogP contribution in [0.1, 0.15) is 27.2 Å². The van der Waals surface area contributed by atoms with Gasteiger partial charge >= 0.3 is 0 Å². The maximum Gasteiger partial charge on any atom is 0.243 e. The molecule has 0 saturated carbocycles. The van der Waals surface area contributed by atoms with Crippen LogP contribution in [0.25, 0.3) is 5.65 Å². The van der Waals surface area contributed by atoms with Crippen molar-refractivity contribution in [3.8, 4) is 0 Å². The molecule has 2 heterocycles. The molecule has 1 N–H and O–H groups in total. The third kappa shape index (κ3) is 2.27. The van der Waals surface area contributed by atoms with Gasteiger partial charge in [-0.15, -0.1) is 5.10 Å². The molecule has 0 aromatic carbocycles. The Hall–Kier alpha value is -1.29. The molecule has 0 amide bonds. The van der Waals surface area contributed by atoms with Crippen molar-refractivity contribution in [2.24, 2.45) is 0 Å². The summed E-state index contributed by atoms with van der Waals surface area (Å²) in [5.41, 5.74) is 0.785. The summed E-state index contributed by atoms with van der Waals surface area (Å²) >= 11 is 5.88. The molecule has 5 heteroatoms.